The molecule has 0 saturated carbocycles. The number of aliphatic hydroxyl groups is 2. The highest BCUT2D eigenvalue weighted by atomic mass is 16.3. The summed E-state index contributed by atoms with van der Waals surface area (Å²) in [4.78, 5) is 2.25. The van der Waals surface area contributed by atoms with Gasteiger partial charge in [-0.1, -0.05) is 18.2 Å². The maximum atomic E-state index is 9.57. The van der Waals surface area contributed by atoms with Gasteiger partial charge in [0.25, 0.3) is 0 Å². The number of benzene rings is 1. The van der Waals surface area contributed by atoms with Crippen LogP contribution < -0.4 is 4.90 Å². The minimum Gasteiger partial charge on any atom is -0.393 e. The monoisotopic (exact) mass is 221 g/mol. The molecule has 1 aromatic carbocycles. The molecule has 88 valence electrons. The van der Waals surface area contributed by atoms with Crippen LogP contribution >= 0.6 is 0 Å². The third-order valence-electron chi connectivity index (χ3n) is 3.41. The van der Waals surface area contributed by atoms with Gasteiger partial charge in [0.2, 0.25) is 0 Å². The van der Waals surface area contributed by atoms with Gasteiger partial charge in [-0.05, 0) is 19.4 Å². The molecule has 0 amide bonds. The molecule has 2 atom stereocenters. The van der Waals surface area contributed by atoms with Gasteiger partial charge in [-0.2, -0.15) is 0 Å². The number of para-hydroxylation sites is 1. The first-order chi connectivity index (χ1) is 7.72. The number of rotatable bonds is 3. The molecular weight excluding hydrogens is 202 g/mol. The first kappa shape index (κ1) is 11.4. The molecule has 0 radical (unpaired) electrons. The lowest BCUT2D eigenvalue weighted by Crippen LogP contribution is -2.24. The predicted molar refractivity (Wildman–Crippen MR) is 64.4 cm³/mol. The van der Waals surface area contributed by atoms with Crippen LogP contribution in [0.15, 0.2) is 24.3 Å². The van der Waals surface area contributed by atoms with Crippen LogP contribution in [0.25, 0.3) is 0 Å². The number of anilines is 1. The second kappa shape index (κ2) is 4.85. The topological polar surface area (TPSA) is 43.7 Å². The summed E-state index contributed by atoms with van der Waals surface area (Å²) in [5, 5.41) is 18.8. The molecule has 1 heterocycles. The molecule has 1 aliphatic heterocycles. The highest BCUT2D eigenvalue weighted by Crippen LogP contribution is 2.28. The van der Waals surface area contributed by atoms with E-state index in [2.05, 4.69) is 4.90 Å². The number of aliphatic hydroxyl groups excluding tert-OH is 2. The molecule has 2 N–H and O–H groups in total. The SMILES string of the molecule is CC(O)C1CCN(c2ccccc2CO)C1. The lowest BCUT2D eigenvalue weighted by Gasteiger charge is -2.22. The van der Waals surface area contributed by atoms with Crippen molar-refractivity contribution in [2.24, 2.45) is 5.92 Å². The van der Waals surface area contributed by atoms with Crippen molar-refractivity contribution in [1.82, 2.24) is 0 Å². The second-order valence-electron chi connectivity index (χ2n) is 4.52. The van der Waals surface area contributed by atoms with Crippen molar-refractivity contribution in [2.75, 3.05) is 18.0 Å². The van der Waals surface area contributed by atoms with Crippen LogP contribution in [0.1, 0.15) is 18.9 Å². The van der Waals surface area contributed by atoms with E-state index in [-0.39, 0.29) is 12.7 Å². The van der Waals surface area contributed by atoms with E-state index in [0.717, 1.165) is 30.8 Å². The lowest BCUT2D eigenvalue weighted by atomic mass is 10.0. The van der Waals surface area contributed by atoms with Crippen LogP contribution in [-0.4, -0.2) is 29.4 Å². The van der Waals surface area contributed by atoms with Gasteiger partial charge < -0.3 is 15.1 Å². The zero-order valence-electron chi connectivity index (χ0n) is 9.63. The summed E-state index contributed by atoms with van der Waals surface area (Å²) in [6.07, 6.45) is 0.781. The minimum atomic E-state index is -0.244. The number of nitrogens with zero attached hydrogens (tertiary/aromatic N) is 1. The molecule has 1 fully saturated rings. The van der Waals surface area contributed by atoms with Crippen molar-refractivity contribution in [3.05, 3.63) is 29.8 Å². The highest BCUT2D eigenvalue weighted by Gasteiger charge is 2.26. The summed E-state index contributed by atoms with van der Waals surface area (Å²) in [6.45, 7) is 3.78. The van der Waals surface area contributed by atoms with Crippen molar-refractivity contribution >= 4 is 5.69 Å². The Balaban J connectivity index is 2.14. The zero-order chi connectivity index (χ0) is 11.5. The summed E-state index contributed by atoms with van der Waals surface area (Å²) >= 11 is 0. The fraction of sp³-hybridized carbons (Fsp3) is 0.538. The smallest absolute Gasteiger partial charge is 0.0702 e. The van der Waals surface area contributed by atoms with Crippen molar-refractivity contribution < 1.29 is 10.2 Å². The molecule has 0 aromatic heterocycles. The van der Waals surface area contributed by atoms with E-state index in [4.69, 9.17) is 0 Å². The first-order valence-corrected chi connectivity index (χ1v) is 5.84. The summed E-state index contributed by atoms with van der Waals surface area (Å²) in [7, 11) is 0. The van der Waals surface area contributed by atoms with Gasteiger partial charge in [-0.25, -0.2) is 0 Å². The molecule has 16 heavy (non-hydrogen) atoms. The average molecular weight is 221 g/mol. The standard InChI is InChI=1S/C13H19NO2/c1-10(16)11-6-7-14(8-11)13-5-3-2-4-12(13)9-15/h2-5,10-11,15-16H,6-9H2,1H3. The quantitative estimate of drug-likeness (QED) is 0.810. The predicted octanol–water partition coefficient (Wildman–Crippen LogP) is 1.39. The van der Waals surface area contributed by atoms with Crippen LogP contribution in [0.5, 0.6) is 0 Å². The molecule has 2 rings (SSSR count). The van der Waals surface area contributed by atoms with Crippen LogP contribution in [0, 0.1) is 5.92 Å². The van der Waals surface area contributed by atoms with E-state index in [1.54, 1.807) is 0 Å². The van der Waals surface area contributed by atoms with E-state index in [1.165, 1.54) is 0 Å². The van der Waals surface area contributed by atoms with E-state index in [9.17, 15) is 10.2 Å². The van der Waals surface area contributed by atoms with Gasteiger partial charge in [0.05, 0.1) is 12.7 Å². The Labute approximate surface area is 96.3 Å². The van der Waals surface area contributed by atoms with Crippen molar-refractivity contribution in [3.8, 4) is 0 Å². The van der Waals surface area contributed by atoms with Gasteiger partial charge in [0.15, 0.2) is 0 Å². The molecule has 0 spiro atoms. The minimum absolute atomic E-state index is 0.0754. The summed E-state index contributed by atoms with van der Waals surface area (Å²) < 4.78 is 0. The molecule has 0 bridgehead atoms. The Hall–Kier alpha value is -1.06. The summed E-state index contributed by atoms with van der Waals surface area (Å²) in [5.74, 6) is 0.353. The first-order valence-electron chi connectivity index (χ1n) is 5.84. The second-order valence-corrected chi connectivity index (χ2v) is 4.52. The fourth-order valence-corrected chi connectivity index (χ4v) is 2.35. The Morgan fingerprint density at radius 3 is 2.81 bits per heavy atom. The molecule has 1 aliphatic rings. The number of hydrogen-bond acceptors (Lipinski definition) is 3. The zero-order valence-corrected chi connectivity index (χ0v) is 9.63. The molecule has 0 aliphatic carbocycles. The molecule has 1 saturated heterocycles. The Morgan fingerprint density at radius 1 is 1.44 bits per heavy atom. The van der Waals surface area contributed by atoms with Crippen LogP contribution in [0.2, 0.25) is 0 Å². The third kappa shape index (κ3) is 2.20. The maximum Gasteiger partial charge on any atom is 0.0702 e. The van der Waals surface area contributed by atoms with E-state index >= 15 is 0 Å². The molecule has 3 heteroatoms. The Kier molecular flexibility index (Phi) is 3.46. The van der Waals surface area contributed by atoms with E-state index < -0.39 is 0 Å². The Morgan fingerprint density at radius 2 is 2.19 bits per heavy atom. The van der Waals surface area contributed by atoms with Crippen LogP contribution in [0.3, 0.4) is 0 Å². The summed E-state index contributed by atoms with van der Waals surface area (Å²) in [5.41, 5.74) is 2.07. The fourth-order valence-electron chi connectivity index (χ4n) is 2.35. The van der Waals surface area contributed by atoms with Crippen molar-refractivity contribution in [1.29, 1.82) is 0 Å². The maximum absolute atomic E-state index is 9.57. The normalized spacial score (nSPS) is 22.4. The van der Waals surface area contributed by atoms with Crippen molar-refractivity contribution in [2.45, 2.75) is 26.1 Å². The van der Waals surface area contributed by atoms with Crippen LogP contribution in [-0.2, 0) is 6.61 Å². The Bertz CT molecular complexity index is 352. The number of hydrogen-bond donors (Lipinski definition) is 2. The third-order valence-corrected chi connectivity index (χ3v) is 3.41. The van der Waals surface area contributed by atoms with Gasteiger partial charge in [-0.15, -0.1) is 0 Å². The largest absolute Gasteiger partial charge is 0.393 e. The van der Waals surface area contributed by atoms with E-state index in [0.29, 0.717) is 5.92 Å². The average Bonchev–Trinajstić information content (AvgIpc) is 2.78. The van der Waals surface area contributed by atoms with Gasteiger partial charge in [-0.3, -0.25) is 0 Å². The van der Waals surface area contributed by atoms with Gasteiger partial charge in [0.1, 0.15) is 0 Å². The highest BCUT2D eigenvalue weighted by molar-refractivity contribution is 5.54. The molecule has 3 nitrogen and oxygen atoms in total. The molecule has 2 unspecified atom stereocenters. The lowest BCUT2D eigenvalue weighted by molar-refractivity contribution is 0.136. The van der Waals surface area contributed by atoms with Gasteiger partial charge in [0, 0.05) is 30.3 Å². The van der Waals surface area contributed by atoms with Crippen LogP contribution in [0.4, 0.5) is 5.69 Å². The molecular formula is C13H19NO2. The summed E-state index contributed by atoms with van der Waals surface area (Å²) in [6, 6.07) is 7.92. The van der Waals surface area contributed by atoms with Gasteiger partial charge >= 0.3 is 0 Å². The molecule has 1 aromatic rings. The van der Waals surface area contributed by atoms with E-state index in [1.807, 2.05) is 31.2 Å². The van der Waals surface area contributed by atoms with Crippen molar-refractivity contribution in [3.63, 3.8) is 0 Å².